The highest BCUT2D eigenvalue weighted by atomic mass is 16.5. The molecule has 0 radical (unpaired) electrons. The van der Waals surface area contributed by atoms with Crippen molar-refractivity contribution in [3.05, 3.63) is 12.2 Å². The van der Waals surface area contributed by atoms with E-state index in [1.54, 1.807) is 0 Å². The Morgan fingerprint density at radius 1 is 1.14 bits per heavy atom. The predicted octanol–water partition coefficient (Wildman–Crippen LogP) is 4.90. The first kappa shape index (κ1) is 19.2. The molecule has 0 aromatic heterocycles. The second-order valence-corrected chi connectivity index (χ2v) is 6.52. The fraction of sp³-hybridized carbons (Fsp3) is 0.842. The second kappa shape index (κ2) is 10.0. The molecule has 0 aromatic rings. The third-order valence-corrected chi connectivity index (χ3v) is 4.72. The molecule has 0 aromatic carbocycles. The van der Waals surface area contributed by atoms with E-state index >= 15 is 0 Å². The molecule has 1 fully saturated rings. The number of carbonyl (C=O) groups excluding carboxylic acids is 1. The van der Waals surface area contributed by atoms with Gasteiger partial charge in [0.05, 0.1) is 24.7 Å². The number of unbranched alkanes of at least 4 members (excludes halogenated alkanes) is 3. The molecule has 128 valence electrons. The van der Waals surface area contributed by atoms with Crippen molar-refractivity contribution in [2.75, 3.05) is 6.61 Å². The van der Waals surface area contributed by atoms with Crippen molar-refractivity contribution in [2.45, 2.75) is 84.8 Å². The van der Waals surface area contributed by atoms with E-state index in [0.717, 1.165) is 24.8 Å². The van der Waals surface area contributed by atoms with E-state index in [1.807, 2.05) is 6.92 Å². The zero-order valence-corrected chi connectivity index (χ0v) is 14.9. The molecule has 0 bridgehead atoms. The van der Waals surface area contributed by atoms with Gasteiger partial charge in [-0.3, -0.25) is 4.79 Å². The maximum Gasteiger partial charge on any atom is 0.311 e. The summed E-state index contributed by atoms with van der Waals surface area (Å²) in [5.74, 6) is 0.0300. The van der Waals surface area contributed by atoms with E-state index in [9.17, 15) is 4.79 Å². The topological polar surface area (TPSA) is 35.5 Å². The fourth-order valence-electron chi connectivity index (χ4n) is 3.43. The monoisotopic (exact) mass is 310 g/mol. The molecular weight excluding hydrogens is 276 g/mol. The Kier molecular flexibility index (Phi) is 8.77. The van der Waals surface area contributed by atoms with Crippen LogP contribution in [0.5, 0.6) is 0 Å². The summed E-state index contributed by atoms with van der Waals surface area (Å²) in [6.07, 6.45) is 7.95. The van der Waals surface area contributed by atoms with Gasteiger partial charge in [-0.05, 0) is 33.1 Å². The summed E-state index contributed by atoms with van der Waals surface area (Å²) in [5, 5.41) is 0. The summed E-state index contributed by atoms with van der Waals surface area (Å²) in [7, 11) is 0. The number of carbonyl (C=O) groups is 1. The average molecular weight is 310 g/mol. The molecule has 4 atom stereocenters. The highest BCUT2D eigenvalue weighted by Crippen LogP contribution is 2.37. The third-order valence-electron chi connectivity index (χ3n) is 4.72. The highest BCUT2D eigenvalue weighted by Gasteiger charge is 2.41. The fourth-order valence-corrected chi connectivity index (χ4v) is 3.43. The normalized spacial score (nSPS) is 28.4. The van der Waals surface area contributed by atoms with Crippen LogP contribution in [0.2, 0.25) is 0 Å². The molecule has 0 amide bonds. The zero-order chi connectivity index (χ0) is 16.5. The molecule has 3 nitrogen and oxygen atoms in total. The summed E-state index contributed by atoms with van der Waals surface area (Å²) < 4.78 is 11.5. The average Bonchev–Trinajstić information content (AvgIpc) is 2.50. The van der Waals surface area contributed by atoms with Crippen molar-refractivity contribution in [2.24, 2.45) is 11.8 Å². The molecule has 1 heterocycles. The number of esters is 1. The van der Waals surface area contributed by atoms with Crippen molar-refractivity contribution < 1.29 is 14.3 Å². The summed E-state index contributed by atoms with van der Waals surface area (Å²) in [6.45, 7) is 12.8. The SMILES string of the molecule is C=C(C)[C@@H]1C[C@@H](C(=O)OCC)[C@@H](CC)O[C@H]1CCCCCC. The van der Waals surface area contributed by atoms with Crippen LogP contribution in [0.3, 0.4) is 0 Å². The lowest BCUT2D eigenvalue weighted by Crippen LogP contribution is -2.45. The van der Waals surface area contributed by atoms with E-state index in [2.05, 4.69) is 27.4 Å². The third kappa shape index (κ3) is 5.42. The van der Waals surface area contributed by atoms with Crippen LogP contribution in [0.15, 0.2) is 12.2 Å². The lowest BCUT2D eigenvalue weighted by molar-refractivity contribution is -0.168. The Morgan fingerprint density at radius 2 is 1.86 bits per heavy atom. The predicted molar refractivity (Wildman–Crippen MR) is 90.8 cm³/mol. The van der Waals surface area contributed by atoms with E-state index in [4.69, 9.17) is 9.47 Å². The van der Waals surface area contributed by atoms with Gasteiger partial charge in [0, 0.05) is 5.92 Å². The number of hydrogen-bond acceptors (Lipinski definition) is 3. The van der Waals surface area contributed by atoms with Crippen LogP contribution in [0, 0.1) is 11.8 Å². The Labute approximate surface area is 136 Å². The summed E-state index contributed by atoms with van der Waals surface area (Å²) in [6, 6.07) is 0. The van der Waals surface area contributed by atoms with E-state index in [0.29, 0.717) is 6.61 Å². The van der Waals surface area contributed by atoms with Gasteiger partial charge >= 0.3 is 5.97 Å². The van der Waals surface area contributed by atoms with Gasteiger partial charge in [-0.15, -0.1) is 0 Å². The van der Waals surface area contributed by atoms with Gasteiger partial charge in [-0.2, -0.15) is 0 Å². The molecule has 0 aliphatic carbocycles. The molecule has 1 rings (SSSR count). The first-order chi connectivity index (χ1) is 10.5. The van der Waals surface area contributed by atoms with Gasteiger partial charge in [0.1, 0.15) is 0 Å². The molecule has 1 aliphatic heterocycles. The van der Waals surface area contributed by atoms with Crippen LogP contribution in [0.1, 0.15) is 72.6 Å². The minimum absolute atomic E-state index is 0.00850. The lowest BCUT2D eigenvalue weighted by atomic mass is 9.78. The van der Waals surface area contributed by atoms with Crippen molar-refractivity contribution in [1.29, 1.82) is 0 Å². The zero-order valence-electron chi connectivity index (χ0n) is 14.9. The first-order valence-electron chi connectivity index (χ1n) is 9.02. The molecule has 1 saturated heterocycles. The Balaban J connectivity index is 2.71. The molecule has 0 unspecified atom stereocenters. The summed E-state index contributed by atoms with van der Waals surface area (Å²) >= 11 is 0. The molecule has 0 saturated carbocycles. The van der Waals surface area contributed by atoms with Crippen LogP contribution in [0.25, 0.3) is 0 Å². The number of rotatable bonds is 9. The van der Waals surface area contributed by atoms with Gasteiger partial charge in [-0.25, -0.2) is 0 Å². The van der Waals surface area contributed by atoms with Gasteiger partial charge in [0.15, 0.2) is 0 Å². The Bertz CT molecular complexity index is 351. The molecular formula is C19H34O3. The Morgan fingerprint density at radius 3 is 2.41 bits per heavy atom. The summed E-state index contributed by atoms with van der Waals surface area (Å²) in [5.41, 5.74) is 1.13. The van der Waals surface area contributed by atoms with Crippen molar-refractivity contribution in [3.8, 4) is 0 Å². The van der Waals surface area contributed by atoms with Gasteiger partial charge in [-0.1, -0.05) is 51.7 Å². The smallest absolute Gasteiger partial charge is 0.311 e. The largest absolute Gasteiger partial charge is 0.466 e. The van der Waals surface area contributed by atoms with Crippen LogP contribution >= 0.6 is 0 Å². The minimum atomic E-state index is -0.140. The van der Waals surface area contributed by atoms with Crippen LogP contribution in [-0.2, 0) is 14.3 Å². The van der Waals surface area contributed by atoms with E-state index < -0.39 is 0 Å². The van der Waals surface area contributed by atoms with Crippen LogP contribution in [-0.4, -0.2) is 24.8 Å². The maximum absolute atomic E-state index is 12.2. The quantitative estimate of drug-likeness (QED) is 0.345. The molecule has 1 aliphatic rings. The van der Waals surface area contributed by atoms with Gasteiger partial charge in [0.25, 0.3) is 0 Å². The molecule has 3 heteroatoms. The van der Waals surface area contributed by atoms with Crippen LogP contribution in [0.4, 0.5) is 0 Å². The van der Waals surface area contributed by atoms with Crippen molar-refractivity contribution in [1.82, 2.24) is 0 Å². The molecule has 0 N–H and O–H groups in total. The number of ether oxygens (including phenoxy) is 2. The molecule has 0 spiro atoms. The van der Waals surface area contributed by atoms with E-state index in [1.165, 1.54) is 25.7 Å². The standard InChI is InChI=1S/C19H34O3/c1-6-9-10-11-12-18-15(14(4)5)13-16(17(7-2)22-18)19(20)21-8-3/h15-18H,4,6-13H2,1-3,5H3/t15-,16+,17+,18-/m0/s1. The minimum Gasteiger partial charge on any atom is -0.466 e. The first-order valence-corrected chi connectivity index (χ1v) is 9.02. The van der Waals surface area contributed by atoms with E-state index in [-0.39, 0.29) is 30.0 Å². The summed E-state index contributed by atoms with van der Waals surface area (Å²) in [4.78, 5) is 12.2. The van der Waals surface area contributed by atoms with Gasteiger partial charge in [0.2, 0.25) is 0 Å². The maximum atomic E-state index is 12.2. The second-order valence-electron chi connectivity index (χ2n) is 6.52. The van der Waals surface area contributed by atoms with Crippen molar-refractivity contribution in [3.63, 3.8) is 0 Å². The Hall–Kier alpha value is -0.830. The molecule has 22 heavy (non-hydrogen) atoms. The lowest BCUT2D eigenvalue weighted by Gasteiger charge is -2.41. The van der Waals surface area contributed by atoms with Crippen LogP contribution < -0.4 is 0 Å². The van der Waals surface area contributed by atoms with Crippen molar-refractivity contribution >= 4 is 5.97 Å². The highest BCUT2D eigenvalue weighted by molar-refractivity contribution is 5.73. The number of hydrogen-bond donors (Lipinski definition) is 0. The van der Waals surface area contributed by atoms with Gasteiger partial charge < -0.3 is 9.47 Å².